The number of pyridine rings is 1. The predicted molar refractivity (Wildman–Crippen MR) is 197 cm³/mol. The zero-order valence-electron chi connectivity index (χ0n) is 26.4. The molecule has 8 aromatic rings. The van der Waals surface area contributed by atoms with Crippen LogP contribution in [0.4, 0.5) is 0 Å². The average Bonchev–Trinajstić information content (AvgIpc) is 3.49. The third-order valence-electron chi connectivity index (χ3n) is 9.38. The maximum absolute atomic E-state index is 6.07. The average molecular weight is 605 g/mol. The molecule has 0 unspecified atom stereocenters. The van der Waals surface area contributed by atoms with Crippen LogP contribution in [-0.2, 0) is 4.74 Å². The van der Waals surface area contributed by atoms with Gasteiger partial charge in [0.25, 0.3) is 0 Å². The number of fused-ring (bicyclic) bond motifs is 4. The van der Waals surface area contributed by atoms with Gasteiger partial charge in [-0.25, -0.2) is 4.99 Å². The summed E-state index contributed by atoms with van der Waals surface area (Å²) in [5.41, 5.74) is 7.51. The SMILES string of the molecule is CC1(C)CN=C(c2ccc(-c3ccc4c(-c5ccc6ccccc6c5)c5ccccc5c(-c5ccc6ccccc6c5)c4c3)nc2)O1. The first-order valence-electron chi connectivity index (χ1n) is 16.2. The molecule has 7 aromatic carbocycles. The summed E-state index contributed by atoms with van der Waals surface area (Å²) in [4.78, 5) is 9.52. The summed E-state index contributed by atoms with van der Waals surface area (Å²) in [7, 11) is 0. The Bertz CT molecular complexity index is 2540. The Hall–Kier alpha value is -5.80. The second-order valence-corrected chi connectivity index (χ2v) is 13.1. The van der Waals surface area contributed by atoms with Crippen molar-refractivity contribution in [1.82, 2.24) is 4.98 Å². The quantitative estimate of drug-likeness (QED) is 0.187. The second kappa shape index (κ2) is 10.6. The van der Waals surface area contributed by atoms with Crippen LogP contribution >= 0.6 is 0 Å². The lowest BCUT2D eigenvalue weighted by atomic mass is 9.84. The Morgan fingerprint density at radius 3 is 1.60 bits per heavy atom. The minimum atomic E-state index is -0.281. The molecule has 0 bridgehead atoms. The van der Waals surface area contributed by atoms with Crippen LogP contribution in [0.2, 0.25) is 0 Å². The van der Waals surface area contributed by atoms with Crippen molar-refractivity contribution >= 4 is 49.0 Å². The van der Waals surface area contributed by atoms with Gasteiger partial charge in [-0.3, -0.25) is 4.98 Å². The van der Waals surface area contributed by atoms with Crippen molar-refractivity contribution in [3.05, 3.63) is 151 Å². The molecule has 1 aliphatic heterocycles. The molecule has 0 N–H and O–H groups in total. The molecule has 0 saturated heterocycles. The van der Waals surface area contributed by atoms with E-state index >= 15 is 0 Å². The summed E-state index contributed by atoms with van der Waals surface area (Å²) in [5.74, 6) is 0.664. The normalized spacial score (nSPS) is 14.1. The Kier molecular flexibility index (Phi) is 6.23. The van der Waals surface area contributed by atoms with Crippen LogP contribution in [0, 0.1) is 0 Å². The molecule has 2 heterocycles. The highest BCUT2D eigenvalue weighted by Crippen LogP contribution is 2.45. The molecule has 1 aliphatic rings. The summed E-state index contributed by atoms with van der Waals surface area (Å²) in [6.07, 6.45) is 1.88. The third kappa shape index (κ3) is 4.74. The minimum absolute atomic E-state index is 0.281. The van der Waals surface area contributed by atoms with Crippen molar-refractivity contribution in [2.45, 2.75) is 19.4 Å². The Morgan fingerprint density at radius 1 is 0.489 bits per heavy atom. The van der Waals surface area contributed by atoms with E-state index in [9.17, 15) is 0 Å². The summed E-state index contributed by atoms with van der Waals surface area (Å²) < 4.78 is 6.07. The van der Waals surface area contributed by atoms with E-state index in [2.05, 4.69) is 158 Å². The maximum Gasteiger partial charge on any atom is 0.218 e. The van der Waals surface area contributed by atoms with Crippen LogP contribution in [0.3, 0.4) is 0 Å². The first-order valence-corrected chi connectivity index (χ1v) is 16.2. The molecule has 0 atom stereocenters. The fourth-order valence-corrected chi connectivity index (χ4v) is 7.08. The van der Waals surface area contributed by atoms with Gasteiger partial charge in [0.05, 0.1) is 17.8 Å². The van der Waals surface area contributed by atoms with Crippen LogP contribution < -0.4 is 0 Å². The van der Waals surface area contributed by atoms with Crippen molar-refractivity contribution in [3.63, 3.8) is 0 Å². The fourth-order valence-electron chi connectivity index (χ4n) is 7.08. The van der Waals surface area contributed by atoms with Gasteiger partial charge in [0.15, 0.2) is 0 Å². The van der Waals surface area contributed by atoms with Gasteiger partial charge in [-0.05, 0) is 110 Å². The summed E-state index contributed by atoms with van der Waals surface area (Å²) >= 11 is 0. The number of nitrogens with zero attached hydrogens (tertiary/aromatic N) is 2. The monoisotopic (exact) mass is 604 g/mol. The van der Waals surface area contributed by atoms with E-state index in [-0.39, 0.29) is 5.60 Å². The van der Waals surface area contributed by atoms with Crippen LogP contribution in [0.1, 0.15) is 19.4 Å². The highest BCUT2D eigenvalue weighted by molar-refractivity contribution is 6.22. The lowest BCUT2D eigenvalue weighted by Crippen LogP contribution is -2.24. The van der Waals surface area contributed by atoms with Gasteiger partial charge >= 0.3 is 0 Å². The van der Waals surface area contributed by atoms with Crippen molar-refractivity contribution in [1.29, 1.82) is 0 Å². The first kappa shape index (κ1) is 27.5. The standard InChI is InChI=1S/C44H32N2O/c1-44(2)27-46-43(47-44)35-20-22-40(45-26-35)32-19-21-38-39(25-32)42(34-18-16-29-10-4-6-12-31(29)24-34)37-14-8-7-13-36(37)41(38)33-17-15-28-9-3-5-11-30(28)23-33/h3-26H,27H2,1-2H3. The zero-order valence-corrected chi connectivity index (χ0v) is 26.4. The number of benzene rings is 7. The predicted octanol–water partition coefficient (Wildman–Crippen LogP) is 11.3. The number of hydrogen-bond acceptors (Lipinski definition) is 3. The molecule has 3 nitrogen and oxygen atoms in total. The topological polar surface area (TPSA) is 34.5 Å². The molecular formula is C44H32N2O. The van der Waals surface area contributed by atoms with E-state index in [1.54, 1.807) is 0 Å². The zero-order chi connectivity index (χ0) is 31.5. The van der Waals surface area contributed by atoms with E-state index in [1.165, 1.54) is 65.3 Å². The lowest BCUT2D eigenvalue weighted by Gasteiger charge is -2.19. The highest BCUT2D eigenvalue weighted by atomic mass is 16.5. The minimum Gasteiger partial charge on any atom is -0.469 e. The molecule has 3 heteroatoms. The van der Waals surface area contributed by atoms with Gasteiger partial charge in [-0.15, -0.1) is 0 Å². The van der Waals surface area contributed by atoms with E-state index in [4.69, 9.17) is 9.72 Å². The Morgan fingerprint density at radius 2 is 1.02 bits per heavy atom. The smallest absolute Gasteiger partial charge is 0.218 e. The molecule has 224 valence electrons. The van der Waals surface area contributed by atoms with Crippen LogP contribution in [0.5, 0.6) is 0 Å². The van der Waals surface area contributed by atoms with Crippen LogP contribution in [0.15, 0.2) is 151 Å². The first-order chi connectivity index (χ1) is 23.0. The van der Waals surface area contributed by atoms with Crippen molar-refractivity contribution in [2.75, 3.05) is 6.54 Å². The molecule has 9 rings (SSSR count). The molecule has 0 saturated carbocycles. The highest BCUT2D eigenvalue weighted by Gasteiger charge is 2.28. The van der Waals surface area contributed by atoms with Gasteiger partial charge in [-0.2, -0.15) is 0 Å². The van der Waals surface area contributed by atoms with Gasteiger partial charge < -0.3 is 4.74 Å². The van der Waals surface area contributed by atoms with E-state index in [0.29, 0.717) is 12.4 Å². The van der Waals surface area contributed by atoms with Gasteiger partial charge in [0, 0.05) is 11.8 Å². The second-order valence-electron chi connectivity index (χ2n) is 13.1. The number of aromatic nitrogens is 1. The van der Waals surface area contributed by atoms with Gasteiger partial charge in [0.2, 0.25) is 5.90 Å². The summed E-state index contributed by atoms with van der Waals surface area (Å²) in [6, 6.07) is 50.7. The lowest BCUT2D eigenvalue weighted by molar-refractivity contribution is 0.131. The third-order valence-corrected chi connectivity index (χ3v) is 9.38. The van der Waals surface area contributed by atoms with Crippen molar-refractivity contribution in [2.24, 2.45) is 4.99 Å². The Balaban J connectivity index is 1.30. The van der Waals surface area contributed by atoms with Crippen molar-refractivity contribution in [3.8, 4) is 33.5 Å². The summed E-state index contributed by atoms with van der Waals surface area (Å²) in [6.45, 7) is 4.77. The number of rotatable bonds is 4. The van der Waals surface area contributed by atoms with Gasteiger partial charge in [-0.1, -0.05) is 109 Å². The molecule has 47 heavy (non-hydrogen) atoms. The largest absolute Gasteiger partial charge is 0.469 e. The van der Waals surface area contributed by atoms with Crippen LogP contribution in [-0.4, -0.2) is 23.0 Å². The molecule has 0 fully saturated rings. The van der Waals surface area contributed by atoms with Gasteiger partial charge in [0.1, 0.15) is 5.60 Å². The molecule has 0 amide bonds. The molecule has 1 aromatic heterocycles. The number of hydrogen-bond donors (Lipinski definition) is 0. The fraction of sp³-hybridized carbons (Fsp3) is 0.0909. The maximum atomic E-state index is 6.07. The molecule has 0 aliphatic carbocycles. The van der Waals surface area contributed by atoms with E-state index < -0.39 is 0 Å². The molecular weight excluding hydrogens is 572 g/mol. The number of ether oxygens (including phenoxy) is 1. The summed E-state index contributed by atoms with van der Waals surface area (Å²) in [5, 5.41) is 9.85. The Labute approximate surface area is 273 Å². The van der Waals surface area contributed by atoms with Crippen LogP contribution in [0.25, 0.3) is 76.6 Å². The van der Waals surface area contributed by atoms with E-state index in [1.807, 2.05) is 6.20 Å². The number of aliphatic imine (C=N–C) groups is 1. The molecule has 0 spiro atoms. The molecule has 0 radical (unpaired) electrons. The van der Waals surface area contributed by atoms with Crippen molar-refractivity contribution < 1.29 is 4.74 Å². The van der Waals surface area contributed by atoms with E-state index in [0.717, 1.165) is 16.8 Å².